The molecule has 5 unspecified atom stereocenters. The fourth-order valence-corrected chi connectivity index (χ4v) is 8.10. The van der Waals surface area contributed by atoms with Crippen molar-refractivity contribution in [2.45, 2.75) is 83.9 Å². The Morgan fingerprint density at radius 1 is 1.12 bits per heavy atom. The van der Waals surface area contributed by atoms with E-state index in [0.717, 1.165) is 25.4 Å². The van der Waals surface area contributed by atoms with Crippen molar-refractivity contribution in [3.63, 3.8) is 0 Å². The molecule has 0 bridgehead atoms. The van der Waals surface area contributed by atoms with E-state index in [1.807, 2.05) is 11.8 Å². The number of allylic oxidation sites excluding steroid dienone is 3. The quantitative estimate of drug-likeness (QED) is 0.284. The van der Waals surface area contributed by atoms with E-state index in [1.165, 1.54) is 44.3 Å². The summed E-state index contributed by atoms with van der Waals surface area (Å²) in [6, 6.07) is 0.514. The number of alkyl halides is 1. The molecule has 242 valence electrons. The van der Waals surface area contributed by atoms with Crippen LogP contribution in [0, 0.1) is 29.1 Å². The van der Waals surface area contributed by atoms with Crippen LogP contribution in [0.15, 0.2) is 46.9 Å². The Bertz CT molecular complexity index is 855. The zero-order chi connectivity index (χ0) is 25.7. The summed E-state index contributed by atoms with van der Waals surface area (Å²) in [5.41, 5.74) is 3.27. The molecule has 0 spiro atoms. The molecule has 0 radical (unpaired) electrons. The highest BCUT2D eigenvalue weighted by atomic mass is 35.5. The molecular weight excluding hydrogens is 560 g/mol. The Kier molecular flexibility index (Phi) is 20.3. The molecule has 4 aliphatic rings. The lowest BCUT2D eigenvalue weighted by Crippen LogP contribution is -2.53. The molecule has 41 heavy (non-hydrogen) atoms. The zero-order valence-corrected chi connectivity index (χ0v) is 26.8. The van der Waals surface area contributed by atoms with Crippen LogP contribution < -0.4 is 5.32 Å². The van der Waals surface area contributed by atoms with Crippen LogP contribution in [0.3, 0.4) is 0 Å². The Morgan fingerprint density at radius 2 is 1.85 bits per heavy atom. The molecule has 2 aliphatic heterocycles. The average molecular weight is 621 g/mol. The van der Waals surface area contributed by atoms with Gasteiger partial charge < -0.3 is 36.9 Å². The standard InChI is InChI=1S/C31H49ClN2OS.CH4.4H2O/c1-22(2)29(19-34-13-12-28(31(3,4)21-34)25-8-10-27(32)11-9-25)33-18-23-15-24(20-35-5)17-26(16-23)30-7-6-14-36-30;;;;;/h6,8,10,14-15,17,22-23,25,27-30,33H,7,9,11-13,16,18-21H2,1-5H3;1H4;4*1H2/t23?,25?,27?,28?,29-,30?;;;;;/m0...../s1. The highest BCUT2D eigenvalue weighted by Gasteiger charge is 2.40. The van der Waals surface area contributed by atoms with Gasteiger partial charge in [-0.2, -0.15) is 0 Å². The second-order valence-corrected chi connectivity index (χ2v) is 14.3. The van der Waals surface area contributed by atoms with Crippen LogP contribution in [0.2, 0.25) is 0 Å². The lowest BCUT2D eigenvalue weighted by atomic mass is 9.65. The van der Waals surface area contributed by atoms with E-state index in [4.69, 9.17) is 16.3 Å². The fourth-order valence-electron chi connectivity index (χ4n) is 6.91. The van der Waals surface area contributed by atoms with Crippen molar-refractivity contribution in [3.8, 4) is 0 Å². The Balaban J connectivity index is 0. The summed E-state index contributed by atoms with van der Waals surface area (Å²) < 4.78 is 5.51. The molecule has 7 nitrogen and oxygen atoms in total. The summed E-state index contributed by atoms with van der Waals surface area (Å²) in [6.45, 7) is 15.1. The number of ether oxygens (including phenoxy) is 1. The van der Waals surface area contributed by atoms with Gasteiger partial charge in [-0.3, -0.25) is 0 Å². The van der Waals surface area contributed by atoms with Crippen molar-refractivity contribution in [2.24, 2.45) is 29.1 Å². The van der Waals surface area contributed by atoms with Gasteiger partial charge in [0.1, 0.15) is 0 Å². The van der Waals surface area contributed by atoms with Gasteiger partial charge in [0, 0.05) is 38.0 Å². The maximum atomic E-state index is 6.33. The molecule has 6 atom stereocenters. The molecule has 2 heterocycles. The lowest BCUT2D eigenvalue weighted by Gasteiger charge is -2.48. The van der Waals surface area contributed by atoms with Gasteiger partial charge in [-0.15, -0.1) is 23.4 Å². The minimum atomic E-state index is 0. The molecular formula is C32H61ClN2O5S. The van der Waals surface area contributed by atoms with E-state index < -0.39 is 0 Å². The lowest BCUT2D eigenvalue weighted by molar-refractivity contribution is 0.0219. The molecule has 0 aromatic heterocycles. The van der Waals surface area contributed by atoms with Crippen molar-refractivity contribution >= 4 is 23.4 Å². The average Bonchev–Trinajstić information content (AvgIpc) is 3.37. The van der Waals surface area contributed by atoms with E-state index >= 15 is 0 Å². The smallest absolute Gasteiger partial charge is 0.0710 e. The van der Waals surface area contributed by atoms with Gasteiger partial charge in [0.05, 0.1) is 12.0 Å². The Morgan fingerprint density at radius 3 is 2.41 bits per heavy atom. The van der Waals surface area contributed by atoms with E-state index in [0.29, 0.717) is 41.1 Å². The number of likely N-dealkylation sites (tertiary alicyclic amines) is 1. The summed E-state index contributed by atoms with van der Waals surface area (Å²) in [7, 11) is 1.81. The second kappa shape index (κ2) is 19.6. The highest BCUT2D eigenvalue weighted by molar-refractivity contribution is 8.03. The summed E-state index contributed by atoms with van der Waals surface area (Å²) in [5, 5.41) is 7.14. The minimum absolute atomic E-state index is 0. The predicted molar refractivity (Wildman–Crippen MR) is 179 cm³/mol. The number of piperidine rings is 1. The molecule has 1 fully saturated rings. The first-order valence-corrected chi connectivity index (χ1v) is 15.6. The number of hydrogen-bond donors (Lipinski definition) is 1. The van der Waals surface area contributed by atoms with Crippen LogP contribution in [0.5, 0.6) is 0 Å². The van der Waals surface area contributed by atoms with Gasteiger partial charge in [-0.25, -0.2) is 0 Å². The third-order valence-electron chi connectivity index (χ3n) is 8.89. The summed E-state index contributed by atoms with van der Waals surface area (Å²) >= 11 is 8.31. The van der Waals surface area contributed by atoms with Crippen molar-refractivity contribution < 1.29 is 26.6 Å². The van der Waals surface area contributed by atoms with E-state index in [9.17, 15) is 0 Å². The number of hydrogen-bond acceptors (Lipinski definition) is 4. The molecule has 0 amide bonds. The van der Waals surface area contributed by atoms with E-state index in [-0.39, 0.29) is 34.7 Å². The van der Waals surface area contributed by atoms with Crippen LogP contribution in [0.4, 0.5) is 0 Å². The summed E-state index contributed by atoms with van der Waals surface area (Å²) in [5.74, 6) is 2.62. The van der Waals surface area contributed by atoms with Crippen molar-refractivity contribution in [1.29, 1.82) is 0 Å². The van der Waals surface area contributed by atoms with E-state index in [2.05, 4.69) is 73.7 Å². The number of halogens is 1. The summed E-state index contributed by atoms with van der Waals surface area (Å²) in [4.78, 5) is 2.74. The van der Waals surface area contributed by atoms with Gasteiger partial charge in [0.25, 0.3) is 0 Å². The van der Waals surface area contributed by atoms with Crippen molar-refractivity contribution in [3.05, 3.63) is 46.9 Å². The fraction of sp³-hybridized carbons (Fsp3) is 0.750. The first-order chi connectivity index (χ1) is 17.2. The zero-order valence-electron chi connectivity index (χ0n) is 25.2. The van der Waals surface area contributed by atoms with Crippen LogP contribution in [-0.2, 0) is 4.74 Å². The topological polar surface area (TPSA) is 150 Å². The molecule has 9 heteroatoms. The van der Waals surface area contributed by atoms with Gasteiger partial charge in [-0.05, 0) is 78.7 Å². The molecule has 4 rings (SSSR count). The van der Waals surface area contributed by atoms with Crippen molar-refractivity contribution in [1.82, 2.24) is 10.2 Å². The molecule has 0 aromatic rings. The maximum Gasteiger partial charge on any atom is 0.0710 e. The monoisotopic (exact) mass is 620 g/mol. The summed E-state index contributed by atoms with van der Waals surface area (Å²) in [6.07, 6.45) is 17.9. The highest BCUT2D eigenvalue weighted by Crippen LogP contribution is 2.43. The van der Waals surface area contributed by atoms with E-state index in [1.54, 1.807) is 12.7 Å². The van der Waals surface area contributed by atoms with Gasteiger partial charge in [0.15, 0.2) is 0 Å². The maximum absolute atomic E-state index is 6.33. The first kappa shape index (κ1) is 42.5. The number of rotatable bonds is 10. The molecule has 2 aliphatic carbocycles. The van der Waals surface area contributed by atoms with Gasteiger partial charge in [-0.1, -0.05) is 71.1 Å². The first-order valence-electron chi connectivity index (χ1n) is 14.2. The molecule has 0 saturated carbocycles. The third kappa shape index (κ3) is 11.7. The van der Waals surface area contributed by atoms with Crippen LogP contribution in [-0.4, -0.2) is 83.4 Å². The number of nitrogens with one attached hydrogen (secondary N) is 1. The number of nitrogens with zero attached hydrogens (tertiary/aromatic N) is 1. The van der Waals surface area contributed by atoms with Crippen molar-refractivity contribution in [2.75, 3.05) is 39.9 Å². The number of methoxy groups -OCH3 is 1. The molecule has 9 N–H and O–H groups in total. The number of thioether (sulfide) groups is 1. The van der Waals surface area contributed by atoms with Gasteiger partial charge >= 0.3 is 0 Å². The predicted octanol–water partition coefficient (Wildman–Crippen LogP) is 4.40. The van der Waals surface area contributed by atoms with Crippen LogP contribution in [0.1, 0.15) is 67.2 Å². The minimum Gasteiger partial charge on any atom is -0.412 e. The normalized spacial score (nSPS) is 29.5. The third-order valence-corrected chi connectivity index (χ3v) is 10.4. The second-order valence-electron chi connectivity index (χ2n) is 12.6. The largest absolute Gasteiger partial charge is 0.412 e. The van der Waals surface area contributed by atoms with Gasteiger partial charge in [0.2, 0.25) is 0 Å². The Labute approximate surface area is 259 Å². The Hall–Kier alpha value is -0.680. The van der Waals surface area contributed by atoms with Crippen LogP contribution >= 0.6 is 23.4 Å². The molecule has 1 saturated heterocycles. The SMILES string of the molecule is C.COCC1=CC(CN[C@@H](CN2CCC(C3C=CC(Cl)CC3)C(C)(C)C2)C(C)C)CC(C2CC=CS2)=C1.O.O.O.O. The molecule has 0 aromatic carbocycles. The van der Waals surface area contributed by atoms with Crippen LogP contribution in [0.25, 0.3) is 0 Å².